The molecule has 2 aromatic carbocycles. The zero-order valence-corrected chi connectivity index (χ0v) is 17.2. The smallest absolute Gasteiger partial charge is 0.258 e. The number of benzene rings is 2. The lowest BCUT2D eigenvalue weighted by molar-refractivity contribution is 0.0949. The summed E-state index contributed by atoms with van der Waals surface area (Å²) in [5, 5.41) is 6.37. The van der Waals surface area contributed by atoms with Crippen molar-refractivity contribution in [3.63, 3.8) is 0 Å². The molecular formula is C22H21ClN4O2. The van der Waals surface area contributed by atoms with E-state index >= 15 is 0 Å². The van der Waals surface area contributed by atoms with Gasteiger partial charge in [-0.2, -0.15) is 0 Å². The Bertz CT molecular complexity index is 1060. The number of aryl methyl sites for hydroxylation is 2. The van der Waals surface area contributed by atoms with Crippen molar-refractivity contribution in [1.82, 2.24) is 15.3 Å². The van der Waals surface area contributed by atoms with Gasteiger partial charge in [0.2, 0.25) is 0 Å². The minimum Gasteiger partial charge on any atom is -0.348 e. The number of nitrogens with one attached hydrogen (secondary N) is 2. The van der Waals surface area contributed by atoms with Crippen molar-refractivity contribution in [2.75, 3.05) is 5.32 Å². The van der Waals surface area contributed by atoms with Crippen LogP contribution in [0.15, 0.2) is 48.8 Å². The van der Waals surface area contributed by atoms with Gasteiger partial charge in [0, 0.05) is 35.2 Å². The Labute approximate surface area is 174 Å². The standard InChI is InChI=1S/C22H21ClN4O2/c1-13-7-8-16(21(28)26-10-17-5-4-6-19(23)14(17)2)9-20(13)27-22(29)18-11-24-15(3)25-12-18/h4-9,11-12H,10H2,1-3H3,(H,26,28)(H,27,29). The lowest BCUT2D eigenvalue weighted by Crippen LogP contribution is -2.23. The van der Waals surface area contributed by atoms with Crippen LogP contribution in [-0.2, 0) is 6.54 Å². The summed E-state index contributed by atoms with van der Waals surface area (Å²) in [6.45, 7) is 5.89. The highest BCUT2D eigenvalue weighted by atomic mass is 35.5. The zero-order valence-electron chi connectivity index (χ0n) is 16.4. The molecule has 7 heteroatoms. The van der Waals surface area contributed by atoms with Crippen LogP contribution in [0.4, 0.5) is 5.69 Å². The van der Waals surface area contributed by atoms with Crippen LogP contribution in [0.2, 0.25) is 5.02 Å². The van der Waals surface area contributed by atoms with Crippen LogP contribution in [0.3, 0.4) is 0 Å². The van der Waals surface area contributed by atoms with Crippen LogP contribution in [0.5, 0.6) is 0 Å². The number of carbonyl (C=O) groups excluding carboxylic acids is 2. The number of nitrogens with zero attached hydrogens (tertiary/aromatic N) is 2. The largest absolute Gasteiger partial charge is 0.348 e. The Balaban J connectivity index is 1.72. The summed E-state index contributed by atoms with van der Waals surface area (Å²) in [4.78, 5) is 33.1. The first-order valence-electron chi connectivity index (χ1n) is 9.08. The Kier molecular flexibility index (Phi) is 6.24. The van der Waals surface area contributed by atoms with Crippen molar-refractivity contribution in [2.24, 2.45) is 0 Å². The molecule has 0 saturated heterocycles. The predicted octanol–water partition coefficient (Wildman–Crippen LogP) is 4.24. The molecule has 3 aromatic rings. The molecule has 6 nitrogen and oxygen atoms in total. The van der Waals surface area contributed by atoms with Gasteiger partial charge in [-0.15, -0.1) is 0 Å². The van der Waals surface area contributed by atoms with Gasteiger partial charge in [-0.3, -0.25) is 9.59 Å². The number of anilines is 1. The van der Waals surface area contributed by atoms with Crippen molar-refractivity contribution < 1.29 is 9.59 Å². The van der Waals surface area contributed by atoms with E-state index in [1.807, 2.05) is 32.0 Å². The van der Waals surface area contributed by atoms with Crippen LogP contribution in [0, 0.1) is 20.8 Å². The number of hydrogen-bond acceptors (Lipinski definition) is 4. The van der Waals surface area contributed by atoms with Gasteiger partial charge in [0.05, 0.1) is 5.56 Å². The lowest BCUT2D eigenvalue weighted by Gasteiger charge is -2.12. The van der Waals surface area contributed by atoms with E-state index in [1.165, 1.54) is 12.4 Å². The summed E-state index contributed by atoms with van der Waals surface area (Å²) >= 11 is 6.13. The minimum atomic E-state index is -0.333. The number of hydrogen-bond donors (Lipinski definition) is 2. The number of amides is 2. The van der Waals surface area contributed by atoms with E-state index in [-0.39, 0.29) is 11.8 Å². The second-order valence-corrected chi connectivity index (χ2v) is 7.12. The van der Waals surface area contributed by atoms with Gasteiger partial charge in [-0.25, -0.2) is 9.97 Å². The van der Waals surface area contributed by atoms with E-state index in [2.05, 4.69) is 20.6 Å². The summed E-state index contributed by atoms with van der Waals surface area (Å²) in [6, 6.07) is 10.8. The van der Waals surface area contributed by atoms with Crippen LogP contribution in [0.25, 0.3) is 0 Å². The monoisotopic (exact) mass is 408 g/mol. The summed E-state index contributed by atoms with van der Waals surface area (Å²) in [5.74, 6) is 0.0186. The fourth-order valence-corrected chi connectivity index (χ4v) is 2.92. The SMILES string of the molecule is Cc1ncc(C(=O)Nc2cc(C(=O)NCc3cccc(Cl)c3C)ccc2C)cn1. The highest BCUT2D eigenvalue weighted by Crippen LogP contribution is 2.20. The quantitative estimate of drug-likeness (QED) is 0.661. The molecule has 0 atom stereocenters. The predicted molar refractivity (Wildman–Crippen MR) is 113 cm³/mol. The zero-order chi connectivity index (χ0) is 21.0. The lowest BCUT2D eigenvalue weighted by atomic mass is 10.1. The molecule has 0 fully saturated rings. The van der Waals surface area contributed by atoms with Crippen molar-refractivity contribution in [1.29, 1.82) is 0 Å². The van der Waals surface area contributed by atoms with Crippen LogP contribution >= 0.6 is 11.6 Å². The molecule has 0 spiro atoms. The fourth-order valence-electron chi connectivity index (χ4n) is 2.72. The summed E-state index contributed by atoms with van der Waals surface area (Å²) < 4.78 is 0. The number of carbonyl (C=O) groups is 2. The summed E-state index contributed by atoms with van der Waals surface area (Å²) in [6.07, 6.45) is 2.94. The van der Waals surface area contributed by atoms with E-state index in [0.29, 0.717) is 34.2 Å². The van der Waals surface area contributed by atoms with Crippen molar-refractivity contribution >= 4 is 29.1 Å². The molecule has 0 unspecified atom stereocenters. The molecule has 0 saturated carbocycles. The molecule has 0 aliphatic rings. The van der Waals surface area contributed by atoms with Gasteiger partial charge in [0.25, 0.3) is 11.8 Å². The molecule has 0 radical (unpaired) electrons. The summed E-state index contributed by atoms with van der Waals surface area (Å²) in [7, 11) is 0. The maximum absolute atomic E-state index is 12.6. The number of aromatic nitrogens is 2. The molecule has 1 heterocycles. The second kappa shape index (κ2) is 8.84. The van der Waals surface area contributed by atoms with E-state index in [9.17, 15) is 9.59 Å². The Morgan fingerprint density at radius 2 is 1.69 bits per heavy atom. The van der Waals surface area contributed by atoms with Gasteiger partial charge >= 0.3 is 0 Å². The van der Waals surface area contributed by atoms with E-state index in [1.54, 1.807) is 25.1 Å². The third kappa shape index (κ3) is 4.97. The number of rotatable bonds is 5. The Morgan fingerprint density at radius 3 is 2.41 bits per heavy atom. The van der Waals surface area contributed by atoms with Gasteiger partial charge in [-0.05, 0) is 55.7 Å². The van der Waals surface area contributed by atoms with E-state index in [4.69, 9.17) is 11.6 Å². The van der Waals surface area contributed by atoms with E-state index in [0.717, 1.165) is 16.7 Å². The summed E-state index contributed by atoms with van der Waals surface area (Å²) in [5.41, 5.74) is 4.08. The third-order valence-electron chi connectivity index (χ3n) is 4.61. The maximum Gasteiger partial charge on any atom is 0.258 e. The van der Waals surface area contributed by atoms with Crippen molar-refractivity contribution in [2.45, 2.75) is 27.3 Å². The molecule has 0 bridgehead atoms. The van der Waals surface area contributed by atoms with Crippen LogP contribution in [0.1, 0.15) is 43.2 Å². The molecule has 0 aliphatic heterocycles. The van der Waals surface area contributed by atoms with Gasteiger partial charge in [0.15, 0.2) is 0 Å². The van der Waals surface area contributed by atoms with E-state index < -0.39 is 0 Å². The first-order chi connectivity index (χ1) is 13.8. The Morgan fingerprint density at radius 1 is 0.966 bits per heavy atom. The fraction of sp³-hybridized carbons (Fsp3) is 0.182. The number of halogens is 1. The molecule has 1 aromatic heterocycles. The first kappa shape index (κ1) is 20.5. The topological polar surface area (TPSA) is 84.0 Å². The van der Waals surface area contributed by atoms with Crippen LogP contribution in [-0.4, -0.2) is 21.8 Å². The molecule has 0 aliphatic carbocycles. The second-order valence-electron chi connectivity index (χ2n) is 6.71. The maximum atomic E-state index is 12.6. The van der Waals surface area contributed by atoms with Gasteiger partial charge in [-0.1, -0.05) is 29.8 Å². The van der Waals surface area contributed by atoms with Crippen molar-refractivity contribution in [3.8, 4) is 0 Å². The first-order valence-corrected chi connectivity index (χ1v) is 9.46. The van der Waals surface area contributed by atoms with Crippen LogP contribution < -0.4 is 10.6 Å². The average Bonchev–Trinajstić information content (AvgIpc) is 2.71. The minimum absolute atomic E-state index is 0.237. The molecule has 2 N–H and O–H groups in total. The van der Waals surface area contributed by atoms with Crippen molar-refractivity contribution in [3.05, 3.63) is 87.5 Å². The highest BCUT2D eigenvalue weighted by molar-refractivity contribution is 6.31. The Hall–Kier alpha value is -3.25. The van der Waals surface area contributed by atoms with Gasteiger partial charge in [0.1, 0.15) is 5.82 Å². The third-order valence-corrected chi connectivity index (χ3v) is 5.02. The van der Waals surface area contributed by atoms with Gasteiger partial charge < -0.3 is 10.6 Å². The molecule has 29 heavy (non-hydrogen) atoms. The molecular weight excluding hydrogens is 388 g/mol. The molecule has 148 valence electrons. The molecule has 3 rings (SSSR count). The average molecular weight is 409 g/mol. The molecule has 2 amide bonds. The normalized spacial score (nSPS) is 10.5. The highest BCUT2D eigenvalue weighted by Gasteiger charge is 2.13.